The SMILES string of the molecule is CCCCCCCC(=O)OC[C@H]1O[C@@H](Oc2c3cc4cc2Oc2ccc(cc2Cl)[C@@H](O)[C@@H](NC(=O)[C@H](CC)CC(C)C)C(=O)C[C@@H](CC(=O)NC(C)=O)C(=O)N[C@H]4C(=O)C[C@H]2C(=O)N[C@H](C(=O)N[C@H](C(=O)CC4C5CC6CC(C5)CC4C6)c4cc(OC(=O)NCCCCCC)cc(O)c4-c4cc2ccc4O)[C@H](O)c2ccc(c(Cl)c2)O3)[C@H](O)[C@@H](O)[C@@H]1O. The molecular weight excluding hydrogens is 1620 g/mol. The van der Waals surface area contributed by atoms with Crippen LogP contribution in [0.15, 0.2) is 78.9 Å². The molecule has 4 aliphatic carbocycles. The number of halogens is 2. The smallest absolute Gasteiger partial charge is 0.412 e. The fraction of sp³-hybridized carbons (Fsp3) is 0.544. The Kier molecular flexibility index (Phi) is 30.5. The van der Waals surface area contributed by atoms with Crippen molar-refractivity contribution in [3.63, 3.8) is 0 Å². The first-order valence-electron chi connectivity index (χ1n) is 42.5. The molecule has 32 heteroatoms. The number of unbranched alkanes of at least 4 members (excludes halogenated alkanes) is 7. The van der Waals surface area contributed by atoms with Crippen LogP contribution in [0, 0.1) is 47.3 Å². The van der Waals surface area contributed by atoms with E-state index in [1.54, 1.807) is 6.92 Å². The van der Waals surface area contributed by atoms with Gasteiger partial charge in [-0.05, 0) is 176 Å². The molecule has 5 aromatic rings. The van der Waals surface area contributed by atoms with Crippen LogP contribution >= 0.6 is 23.2 Å². The molecule has 122 heavy (non-hydrogen) atoms. The molecule has 1 saturated heterocycles. The number of ether oxygens (including phenoxy) is 6. The molecule has 15 rings (SSSR count). The van der Waals surface area contributed by atoms with Crippen molar-refractivity contribution in [2.75, 3.05) is 13.2 Å². The summed E-state index contributed by atoms with van der Waals surface area (Å²) in [6, 6.07) is 7.34. The molecule has 0 aromatic heterocycles. The highest BCUT2D eigenvalue weighted by Crippen LogP contribution is 2.58. The van der Waals surface area contributed by atoms with Crippen LogP contribution in [0.1, 0.15) is 234 Å². The van der Waals surface area contributed by atoms with Crippen LogP contribution in [0.3, 0.4) is 0 Å². The highest BCUT2D eigenvalue weighted by Gasteiger charge is 2.51. The number of amides is 7. The molecule has 6 heterocycles. The summed E-state index contributed by atoms with van der Waals surface area (Å²) in [5, 5.41) is 100. The van der Waals surface area contributed by atoms with Gasteiger partial charge in [-0.15, -0.1) is 0 Å². The first-order valence-corrected chi connectivity index (χ1v) is 43.3. The van der Waals surface area contributed by atoms with E-state index in [-0.39, 0.29) is 116 Å². The maximum Gasteiger partial charge on any atom is 0.412 e. The minimum atomic E-state index is -2.22. The maximum absolute atomic E-state index is 16.6. The average Bonchev–Trinajstić information content (AvgIpc) is 0.759. The van der Waals surface area contributed by atoms with Gasteiger partial charge in [-0.25, -0.2) is 4.79 Å². The molecule has 0 radical (unpaired) electrons. The van der Waals surface area contributed by atoms with E-state index in [1.807, 2.05) is 27.7 Å². The number of Topliss-reactive ketones (excluding diaryl/α,β-unsaturated/α-hetero) is 3. The van der Waals surface area contributed by atoms with Crippen LogP contribution in [-0.2, 0) is 57.4 Å². The molecule has 4 saturated carbocycles. The number of carbonyl (C=O) groups excluding carboxylic acids is 11. The van der Waals surface area contributed by atoms with Gasteiger partial charge in [-0.2, -0.15) is 0 Å². The van der Waals surface area contributed by atoms with Crippen LogP contribution < -0.4 is 50.8 Å². The molecule has 30 nitrogen and oxygen atoms in total. The van der Waals surface area contributed by atoms with Gasteiger partial charge in [-0.3, -0.25) is 53.3 Å². The third kappa shape index (κ3) is 21.7. The van der Waals surface area contributed by atoms with Gasteiger partial charge in [-0.1, -0.05) is 121 Å². The number of imide groups is 1. The molecule has 5 aromatic carbocycles. The Labute approximate surface area is 716 Å². The lowest BCUT2D eigenvalue weighted by atomic mass is 9.51. The highest BCUT2D eigenvalue weighted by atomic mass is 35.5. The monoisotopic (exact) mass is 1730 g/mol. The summed E-state index contributed by atoms with van der Waals surface area (Å²) >= 11 is 14.4. The lowest BCUT2D eigenvalue weighted by Crippen LogP contribution is -2.60. The number of hydrogen-bond acceptors (Lipinski definition) is 24. The number of ketones is 3. The number of esters is 1. The van der Waals surface area contributed by atoms with Crippen molar-refractivity contribution in [1.29, 1.82) is 0 Å². The van der Waals surface area contributed by atoms with Gasteiger partial charge in [0.05, 0.1) is 21.9 Å². The third-order valence-electron chi connectivity index (χ3n) is 24.7. The third-order valence-corrected chi connectivity index (χ3v) is 25.3. The zero-order valence-electron chi connectivity index (χ0n) is 69.1. The van der Waals surface area contributed by atoms with E-state index >= 15 is 28.8 Å². The zero-order valence-corrected chi connectivity index (χ0v) is 70.7. The van der Waals surface area contributed by atoms with Crippen LogP contribution in [0.25, 0.3) is 11.1 Å². The largest absolute Gasteiger partial charge is 0.507 e. The average molecular weight is 1730 g/mol. The molecule has 0 unspecified atom stereocenters. The maximum atomic E-state index is 16.6. The first-order chi connectivity index (χ1) is 58.3. The summed E-state index contributed by atoms with van der Waals surface area (Å²) in [5.41, 5.74) is -1.65. The van der Waals surface area contributed by atoms with Gasteiger partial charge in [0.25, 0.3) is 0 Å². The number of carbonyl (C=O) groups is 11. The predicted molar refractivity (Wildman–Crippen MR) is 442 cm³/mol. The van der Waals surface area contributed by atoms with Crippen molar-refractivity contribution in [3.05, 3.63) is 117 Å². The van der Waals surface area contributed by atoms with Gasteiger partial charge in [0.15, 0.2) is 28.8 Å². The van der Waals surface area contributed by atoms with E-state index in [0.29, 0.717) is 31.1 Å². The van der Waals surface area contributed by atoms with Crippen LogP contribution in [-0.4, -0.2) is 157 Å². The molecule has 13 N–H and O–H groups in total. The molecule has 15 bridgehead atoms. The molecule has 14 atom stereocenters. The van der Waals surface area contributed by atoms with Crippen LogP contribution in [0.5, 0.6) is 46.0 Å². The molecule has 6 aliphatic heterocycles. The number of fused-ring (bicyclic) bond motifs is 15. The number of hydrogen-bond donors (Lipinski definition) is 13. The minimum absolute atomic E-state index is 0.00411. The number of benzene rings is 5. The summed E-state index contributed by atoms with van der Waals surface area (Å²) in [4.78, 5) is 164. The fourth-order valence-electron chi connectivity index (χ4n) is 18.5. The van der Waals surface area contributed by atoms with Crippen molar-refractivity contribution in [2.24, 2.45) is 47.3 Å². The quantitative estimate of drug-likeness (QED) is 0.0181. The van der Waals surface area contributed by atoms with Crippen molar-refractivity contribution >= 4 is 88.1 Å². The lowest BCUT2D eigenvalue weighted by Gasteiger charge is -2.54. The number of phenolic OH excluding ortho intramolecular Hbond substituents is 2. The Bertz CT molecular complexity index is 4720. The van der Waals surface area contributed by atoms with Gasteiger partial charge >= 0.3 is 12.1 Å². The summed E-state index contributed by atoms with van der Waals surface area (Å²) in [6.07, 6.45) is -5.74. The Hall–Kier alpha value is -9.79. The first kappa shape index (κ1) is 91.4. The van der Waals surface area contributed by atoms with Gasteiger partial charge < -0.3 is 90.8 Å². The molecule has 5 fully saturated rings. The summed E-state index contributed by atoms with van der Waals surface area (Å²) in [6.45, 7) is 10.1. The highest BCUT2D eigenvalue weighted by molar-refractivity contribution is 6.32. The van der Waals surface area contributed by atoms with Crippen LogP contribution in [0.4, 0.5) is 4.79 Å². The second kappa shape index (κ2) is 40.7. The summed E-state index contributed by atoms with van der Waals surface area (Å²) < 4.78 is 37.6. The Balaban J connectivity index is 1.05. The number of rotatable bonds is 26. The number of nitrogens with one attached hydrogen (secondary N) is 6. The van der Waals surface area contributed by atoms with Crippen molar-refractivity contribution < 1.29 is 117 Å². The zero-order chi connectivity index (χ0) is 87.7. The lowest BCUT2D eigenvalue weighted by molar-refractivity contribution is -0.278. The van der Waals surface area contributed by atoms with E-state index < -0.39 is 204 Å². The van der Waals surface area contributed by atoms with Gasteiger partial charge in [0.1, 0.15) is 96.1 Å². The summed E-state index contributed by atoms with van der Waals surface area (Å²) in [5.74, 6) is -17.4. The topological polar surface area (TPSA) is 457 Å². The number of aromatic hydroxyl groups is 2. The Morgan fingerprint density at radius 2 is 1.25 bits per heavy atom. The van der Waals surface area contributed by atoms with E-state index in [9.17, 15) is 59.7 Å². The Morgan fingerprint density at radius 1 is 0.623 bits per heavy atom. The number of aliphatic hydroxyl groups excluding tert-OH is 5. The second-order valence-electron chi connectivity index (χ2n) is 34.1. The van der Waals surface area contributed by atoms with E-state index in [0.717, 1.165) is 114 Å². The fourth-order valence-corrected chi connectivity index (χ4v) is 19.0. The van der Waals surface area contributed by atoms with Gasteiger partial charge in [0.2, 0.25) is 47.5 Å². The number of phenols is 2. The second-order valence-corrected chi connectivity index (χ2v) is 34.9. The summed E-state index contributed by atoms with van der Waals surface area (Å²) in [7, 11) is 0. The molecule has 7 amide bonds. The Morgan fingerprint density at radius 3 is 1.88 bits per heavy atom. The van der Waals surface area contributed by atoms with Crippen LogP contribution in [0.2, 0.25) is 10.0 Å². The van der Waals surface area contributed by atoms with Crippen molar-refractivity contribution in [1.82, 2.24) is 31.9 Å². The van der Waals surface area contributed by atoms with Gasteiger partial charge in [0, 0.05) is 68.7 Å². The van der Waals surface area contributed by atoms with Crippen molar-refractivity contribution in [2.45, 2.75) is 249 Å². The molecule has 0 spiro atoms. The number of aliphatic hydroxyl groups is 5. The van der Waals surface area contributed by atoms with E-state index in [2.05, 4.69) is 31.9 Å². The van der Waals surface area contributed by atoms with Crippen molar-refractivity contribution in [3.8, 4) is 57.1 Å². The molecule has 10 aliphatic rings. The standard InChI is InChI=1S/C90H110Cl2N6O24/c1-7-10-12-14-15-17-73(106)117-42-71-81(109)82(110)83(111)89(121-71)122-84-69-35-53-36-70(84)120-68-23-20-50(33-61(68)92)80(108)78-88(115)96-76(66(104)40-56-51-27-45-26-46(29-51)30-52(56)28-45)59-38-55(118-90(116)93-24-16-13-11-8-2)39-63(101)74(59)58-31-48(18-21-62(58)100)57(87(114)98-78)41-65(103)75(53)95-86(113)54(37-72(105)94-44(6)99)34-64(102)77(97-85(112)47(9-3)25-43(4)5)79(107)49-19-22-67(119-69)60(91)32-49/h18-23,31-33,35-36,38-39,43,45-47,51-52,54,56-57,71,75-83,89,100-101,107-111H,7-17,24-30,34,37,40-42H2,1-6H3,(H,93,116)(H,95,113)(H,96,115)(H,97,112)(H,98,114)(H,94,99,105)/t45?,46?,47-,51?,52?,54+,56?,57-,71-,75-,76+,77+,78+,79-,80-,81-,82+,83-,89+/m1/s1. The van der Waals surface area contributed by atoms with E-state index in [4.69, 9.17) is 51.6 Å². The van der Waals surface area contributed by atoms with E-state index in [1.165, 1.54) is 48.5 Å². The normalized spacial score (nSPS) is 27.0. The minimum Gasteiger partial charge on any atom is -0.507 e. The molecule has 658 valence electrons. The molecular formula is C90H110Cl2N6O24. The predicted octanol–water partition coefficient (Wildman–Crippen LogP) is 11.3.